The third kappa shape index (κ3) is 1.98. The number of hydrogen-bond acceptors (Lipinski definition) is 5. The first-order valence-corrected chi connectivity index (χ1v) is 6.80. The molecule has 86 valence electrons. The van der Waals surface area contributed by atoms with Gasteiger partial charge in [-0.15, -0.1) is 0 Å². The molecule has 0 fully saturated rings. The summed E-state index contributed by atoms with van der Waals surface area (Å²) in [5, 5.41) is 0. The van der Waals surface area contributed by atoms with Crippen LogP contribution in [0.5, 0.6) is 0 Å². The van der Waals surface area contributed by atoms with E-state index in [1.165, 1.54) is 11.3 Å². The highest BCUT2D eigenvalue weighted by Gasteiger charge is 2.16. The highest BCUT2D eigenvalue weighted by Crippen LogP contribution is 2.29. The topological polar surface area (TPSA) is 54.5 Å². The molecule has 6 heteroatoms. The Balaban J connectivity index is 2.16. The minimum absolute atomic E-state index is 0.690. The lowest BCUT2D eigenvalue weighted by Gasteiger charge is -2.04. The molecule has 1 aliphatic rings. The molecular formula is C11H10N4S2. The smallest absolute Gasteiger partial charge is 0.157 e. The van der Waals surface area contributed by atoms with Crippen LogP contribution in [0.3, 0.4) is 0 Å². The Labute approximate surface area is 108 Å². The molecule has 0 saturated heterocycles. The number of aryl methyl sites for hydroxylation is 1. The first kappa shape index (κ1) is 10.9. The summed E-state index contributed by atoms with van der Waals surface area (Å²) in [5.74, 6) is 3.40. The van der Waals surface area contributed by atoms with Gasteiger partial charge in [0, 0.05) is 29.0 Å². The Morgan fingerprint density at radius 1 is 1.35 bits per heavy atom. The van der Waals surface area contributed by atoms with Crippen LogP contribution >= 0.6 is 24.0 Å². The molecule has 4 nitrogen and oxygen atoms in total. The van der Waals surface area contributed by atoms with E-state index < -0.39 is 0 Å². The fourth-order valence-electron chi connectivity index (χ4n) is 1.78. The summed E-state index contributed by atoms with van der Waals surface area (Å²) in [7, 11) is 0. The lowest BCUT2D eigenvalue weighted by Crippen LogP contribution is -1.99. The Hall–Kier alpha value is -1.27. The summed E-state index contributed by atoms with van der Waals surface area (Å²) in [5.41, 5.74) is 3.14. The summed E-state index contributed by atoms with van der Waals surface area (Å²) in [6, 6.07) is 1.84. The van der Waals surface area contributed by atoms with E-state index in [2.05, 4.69) is 19.9 Å². The second-order valence-electron chi connectivity index (χ2n) is 3.83. The zero-order valence-electron chi connectivity index (χ0n) is 9.23. The van der Waals surface area contributed by atoms with Gasteiger partial charge in [-0.2, -0.15) is 11.8 Å². The second-order valence-corrected chi connectivity index (χ2v) is 5.20. The zero-order chi connectivity index (χ0) is 11.8. The summed E-state index contributed by atoms with van der Waals surface area (Å²) in [6.07, 6.45) is 1.73. The number of aromatic amines is 1. The molecule has 3 heterocycles. The molecule has 0 bridgehead atoms. The van der Waals surface area contributed by atoms with Gasteiger partial charge in [-0.05, 0) is 13.0 Å². The van der Waals surface area contributed by atoms with E-state index in [1.807, 2.05) is 24.8 Å². The van der Waals surface area contributed by atoms with Crippen LogP contribution in [-0.2, 0) is 11.5 Å². The molecule has 0 aliphatic carbocycles. The van der Waals surface area contributed by atoms with Gasteiger partial charge < -0.3 is 4.98 Å². The number of thioether (sulfide) groups is 1. The van der Waals surface area contributed by atoms with Gasteiger partial charge in [0.15, 0.2) is 5.82 Å². The quantitative estimate of drug-likeness (QED) is 0.801. The number of rotatable bonds is 1. The van der Waals surface area contributed by atoms with Gasteiger partial charge >= 0.3 is 0 Å². The number of hydrogen-bond donors (Lipinski definition) is 1. The zero-order valence-corrected chi connectivity index (χ0v) is 10.9. The van der Waals surface area contributed by atoms with Crippen molar-refractivity contribution in [2.24, 2.45) is 0 Å². The molecule has 3 rings (SSSR count). The van der Waals surface area contributed by atoms with Gasteiger partial charge in [0.05, 0.1) is 0 Å². The lowest BCUT2D eigenvalue weighted by atomic mass is 10.2. The number of nitrogens with one attached hydrogen (secondary N) is 1. The average Bonchev–Trinajstić information content (AvgIpc) is 2.77. The first-order chi connectivity index (χ1) is 8.24. The first-order valence-electron chi connectivity index (χ1n) is 5.24. The standard InChI is InChI=1S/C11H10N4S2/c1-6-12-3-2-8(13-6)10-14-9-5-17-4-7(9)11(16)15-10/h2-3H,4-5H2,1H3,(H,14,15,16). The second kappa shape index (κ2) is 4.19. The van der Waals surface area contributed by atoms with Crippen molar-refractivity contribution in [1.82, 2.24) is 19.9 Å². The van der Waals surface area contributed by atoms with Crippen LogP contribution in [0.4, 0.5) is 0 Å². The molecule has 0 atom stereocenters. The van der Waals surface area contributed by atoms with Crippen molar-refractivity contribution in [2.75, 3.05) is 0 Å². The maximum absolute atomic E-state index is 5.31. The molecular weight excluding hydrogens is 252 g/mol. The van der Waals surface area contributed by atoms with Crippen LogP contribution in [0.2, 0.25) is 0 Å². The Kier molecular flexibility index (Phi) is 2.68. The minimum atomic E-state index is 0.690. The van der Waals surface area contributed by atoms with E-state index >= 15 is 0 Å². The van der Waals surface area contributed by atoms with Gasteiger partial charge in [-0.25, -0.2) is 15.0 Å². The fourth-order valence-corrected chi connectivity index (χ4v) is 3.23. The molecule has 2 aromatic rings. The SMILES string of the molecule is Cc1nccc(-c2nc(=S)c3c([nH]2)CSC3)n1. The largest absolute Gasteiger partial charge is 0.341 e. The third-order valence-electron chi connectivity index (χ3n) is 2.62. The van der Waals surface area contributed by atoms with Gasteiger partial charge in [0.2, 0.25) is 0 Å². The summed E-state index contributed by atoms with van der Waals surface area (Å²) < 4.78 is 0.690. The number of fused-ring (bicyclic) bond motifs is 1. The molecule has 2 aromatic heterocycles. The van der Waals surface area contributed by atoms with E-state index in [4.69, 9.17) is 12.2 Å². The van der Waals surface area contributed by atoms with Gasteiger partial charge in [0.1, 0.15) is 16.2 Å². The Morgan fingerprint density at radius 2 is 2.24 bits per heavy atom. The molecule has 0 spiro atoms. The van der Waals surface area contributed by atoms with Crippen molar-refractivity contribution in [3.05, 3.63) is 34.0 Å². The lowest BCUT2D eigenvalue weighted by molar-refractivity contribution is 1.01. The maximum Gasteiger partial charge on any atom is 0.157 e. The molecule has 17 heavy (non-hydrogen) atoms. The monoisotopic (exact) mass is 262 g/mol. The fraction of sp³-hybridized carbons (Fsp3) is 0.273. The van der Waals surface area contributed by atoms with Crippen LogP contribution < -0.4 is 0 Å². The van der Waals surface area contributed by atoms with Crippen molar-refractivity contribution in [3.8, 4) is 11.5 Å². The van der Waals surface area contributed by atoms with Crippen molar-refractivity contribution >= 4 is 24.0 Å². The van der Waals surface area contributed by atoms with Crippen LogP contribution in [-0.4, -0.2) is 19.9 Å². The molecule has 0 radical (unpaired) electrons. The van der Waals surface area contributed by atoms with E-state index in [9.17, 15) is 0 Å². The van der Waals surface area contributed by atoms with Crippen molar-refractivity contribution < 1.29 is 0 Å². The van der Waals surface area contributed by atoms with E-state index in [0.717, 1.165) is 28.8 Å². The van der Waals surface area contributed by atoms with Crippen LogP contribution in [0.15, 0.2) is 12.3 Å². The van der Waals surface area contributed by atoms with E-state index in [0.29, 0.717) is 4.64 Å². The van der Waals surface area contributed by atoms with E-state index in [-0.39, 0.29) is 0 Å². The molecule has 0 aromatic carbocycles. The molecule has 0 amide bonds. The summed E-state index contributed by atoms with van der Waals surface area (Å²) in [4.78, 5) is 16.2. The minimum Gasteiger partial charge on any atom is -0.341 e. The van der Waals surface area contributed by atoms with Gasteiger partial charge in [-0.3, -0.25) is 0 Å². The summed E-state index contributed by atoms with van der Waals surface area (Å²) in [6.45, 7) is 1.86. The van der Waals surface area contributed by atoms with E-state index in [1.54, 1.807) is 6.20 Å². The van der Waals surface area contributed by atoms with Crippen LogP contribution in [0.25, 0.3) is 11.5 Å². The van der Waals surface area contributed by atoms with Gasteiger partial charge in [-0.1, -0.05) is 12.2 Å². The predicted molar refractivity (Wildman–Crippen MR) is 70.2 cm³/mol. The molecule has 0 saturated carbocycles. The number of H-pyrrole nitrogens is 1. The normalized spacial score (nSPS) is 13.7. The Bertz CT molecular complexity index is 636. The van der Waals surface area contributed by atoms with Crippen LogP contribution in [0, 0.1) is 11.6 Å². The van der Waals surface area contributed by atoms with Gasteiger partial charge in [0.25, 0.3) is 0 Å². The number of aromatic nitrogens is 4. The predicted octanol–water partition coefficient (Wildman–Crippen LogP) is 2.65. The molecule has 1 N–H and O–H groups in total. The number of nitrogens with zero attached hydrogens (tertiary/aromatic N) is 3. The van der Waals surface area contributed by atoms with Crippen LogP contribution in [0.1, 0.15) is 17.1 Å². The van der Waals surface area contributed by atoms with Crippen molar-refractivity contribution in [3.63, 3.8) is 0 Å². The highest BCUT2D eigenvalue weighted by atomic mass is 32.2. The molecule has 0 unspecified atom stereocenters. The van der Waals surface area contributed by atoms with Crippen molar-refractivity contribution in [2.45, 2.75) is 18.4 Å². The Morgan fingerprint density at radius 3 is 3.06 bits per heavy atom. The highest BCUT2D eigenvalue weighted by molar-refractivity contribution is 7.98. The average molecular weight is 262 g/mol. The third-order valence-corrected chi connectivity index (χ3v) is 3.94. The van der Waals surface area contributed by atoms with Crippen molar-refractivity contribution in [1.29, 1.82) is 0 Å². The maximum atomic E-state index is 5.31. The summed E-state index contributed by atoms with van der Waals surface area (Å²) >= 11 is 7.16. The molecule has 1 aliphatic heterocycles.